The molecular formula is C23H22ClNO2S. The summed E-state index contributed by atoms with van der Waals surface area (Å²) in [5, 5.41) is 10.3. The molecule has 0 fully saturated rings. The van der Waals surface area contributed by atoms with Crippen LogP contribution in [0.2, 0.25) is 5.02 Å². The number of carbonyl (C=O) groups is 1. The Labute approximate surface area is 174 Å². The van der Waals surface area contributed by atoms with Gasteiger partial charge in [0.15, 0.2) is 0 Å². The lowest BCUT2D eigenvalue weighted by Gasteiger charge is -2.17. The van der Waals surface area contributed by atoms with Gasteiger partial charge in [0.1, 0.15) is 4.88 Å². The molecule has 0 aliphatic rings. The van der Waals surface area contributed by atoms with E-state index in [1.165, 1.54) is 16.9 Å². The fraction of sp³-hybridized carbons (Fsp3) is 0.174. The van der Waals surface area contributed by atoms with Crippen LogP contribution in [-0.4, -0.2) is 29.6 Å². The molecule has 0 spiro atoms. The van der Waals surface area contributed by atoms with E-state index < -0.39 is 5.97 Å². The smallest absolute Gasteiger partial charge is 0.346 e. The van der Waals surface area contributed by atoms with E-state index in [4.69, 9.17) is 11.6 Å². The molecule has 0 saturated carbocycles. The summed E-state index contributed by atoms with van der Waals surface area (Å²) in [4.78, 5) is 15.2. The Kier molecular flexibility index (Phi) is 6.68. The van der Waals surface area contributed by atoms with Crippen molar-refractivity contribution in [3.63, 3.8) is 0 Å². The maximum absolute atomic E-state index is 11.7. The summed E-state index contributed by atoms with van der Waals surface area (Å²) in [5.74, 6) is -0.905. The Morgan fingerprint density at radius 3 is 2.46 bits per heavy atom. The van der Waals surface area contributed by atoms with Gasteiger partial charge >= 0.3 is 5.97 Å². The van der Waals surface area contributed by atoms with E-state index in [0.717, 1.165) is 39.7 Å². The van der Waals surface area contributed by atoms with Gasteiger partial charge in [-0.2, -0.15) is 0 Å². The fourth-order valence-corrected chi connectivity index (χ4v) is 4.18. The van der Waals surface area contributed by atoms with Gasteiger partial charge in [0.25, 0.3) is 0 Å². The van der Waals surface area contributed by atoms with Gasteiger partial charge in [-0.25, -0.2) is 4.79 Å². The monoisotopic (exact) mass is 411 g/mol. The molecular weight excluding hydrogens is 390 g/mol. The van der Waals surface area contributed by atoms with E-state index in [9.17, 15) is 9.90 Å². The molecule has 2 aromatic carbocycles. The Balaban J connectivity index is 1.68. The van der Waals surface area contributed by atoms with Crippen molar-refractivity contribution in [1.29, 1.82) is 0 Å². The quantitative estimate of drug-likeness (QED) is 0.472. The zero-order valence-corrected chi connectivity index (χ0v) is 17.3. The van der Waals surface area contributed by atoms with E-state index in [1.54, 1.807) is 0 Å². The minimum Gasteiger partial charge on any atom is -0.477 e. The number of hydrogen-bond acceptors (Lipinski definition) is 3. The van der Waals surface area contributed by atoms with Crippen LogP contribution in [0, 0.1) is 0 Å². The van der Waals surface area contributed by atoms with Crippen molar-refractivity contribution in [2.45, 2.75) is 13.0 Å². The third-order valence-corrected chi connectivity index (χ3v) is 5.95. The standard InChI is InChI=1S/C23H22ClNO2S/c1-16(12-13-25(2)15-17-8-10-19(24)11-9-17)20-14-21(28-22(20)23(26)27)18-6-4-3-5-7-18/h3-11,14H,1,12-13,15H2,2H3,(H,26,27). The second-order valence-corrected chi connectivity index (χ2v) is 8.23. The van der Waals surface area contributed by atoms with Crippen LogP contribution in [0.5, 0.6) is 0 Å². The minimum atomic E-state index is -0.905. The van der Waals surface area contributed by atoms with Crippen LogP contribution in [0.3, 0.4) is 0 Å². The lowest BCUT2D eigenvalue weighted by Crippen LogP contribution is -2.19. The molecule has 3 aromatic rings. The summed E-state index contributed by atoms with van der Waals surface area (Å²) in [6, 6.07) is 19.6. The van der Waals surface area contributed by atoms with Crippen molar-refractivity contribution in [3.05, 3.63) is 88.3 Å². The van der Waals surface area contributed by atoms with E-state index in [0.29, 0.717) is 11.3 Å². The lowest BCUT2D eigenvalue weighted by atomic mass is 10.0. The first-order valence-corrected chi connectivity index (χ1v) is 10.2. The normalized spacial score (nSPS) is 11.0. The summed E-state index contributed by atoms with van der Waals surface area (Å²) in [6.07, 6.45) is 0.704. The molecule has 144 valence electrons. The number of aromatic carboxylic acids is 1. The van der Waals surface area contributed by atoms with E-state index in [1.807, 2.05) is 67.7 Å². The molecule has 3 rings (SSSR count). The molecule has 0 amide bonds. The second kappa shape index (κ2) is 9.20. The average molecular weight is 412 g/mol. The van der Waals surface area contributed by atoms with Crippen molar-refractivity contribution in [2.75, 3.05) is 13.6 Å². The SMILES string of the molecule is C=C(CCN(C)Cc1ccc(Cl)cc1)c1cc(-c2ccccc2)sc1C(=O)O. The van der Waals surface area contributed by atoms with Gasteiger partial charge in [0, 0.05) is 28.6 Å². The van der Waals surface area contributed by atoms with E-state index in [2.05, 4.69) is 11.5 Å². The van der Waals surface area contributed by atoms with Crippen LogP contribution in [0.4, 0.5) is 0 Å². The maximum Gasteiger partial charge on any atom is 0.346 e. The van der Waals surface area contributed by atoms with Crippen LogP contribution in [0.1, 0.15) is 27.2 Å². The van der Waals surface area contributed by atoms with E-state index >= 15 is 0 Å². The fourth-order valence-electron chi connectivity index (χ4n) is 3.00. The first-order valence-electron chi connectivity index (χ1n) is 8.97. The lowest BCUT2D eigenvalue weighted by molar-refractivity contribution is 0.0702. The molecule has 0 atom stereocenters. The molecule has 0 unspecified atom stereocenters. The Morgan fingerprint density at radius 2 is 1.82 bits per heavy atom. The minimum absolute atomic E-state index is 0.351. The largest absolute Gasteiger partial charge is 0.477 e. The highest BCUT2D eigenvalue weighted by Crippen LogP contribution is 2.35. The van der Waals surface area contributed by atoms with Crippen LogP contribution in [0.25, 0.3) is 16.0 Å². The number of halogens is 1. The Hall–Kier alpha value is -2.40. The molecule has 1 N–H and O–H groups in total. The van der Waals surface area contributed by atoms with Crippen molar-refractivity contribution >= 4 is 34.5 Å². The molecule has 0 aliphatic heterocycles. The van der Waals surface area contributed by atoms with Crippen molar-refractivity contribution < 1.29 is 9.90 Å². The van der Waals surface area contributed by atoms with Gasteiger partial charge in [-0.15, -0.1) is 11.3 Å². The summed E-state index contributed by atoms with van der Waals surface area (Å²) in [5.41, 5.74) is 3.79. The Bertz CT molecular complexity index is 964. The van der Waals surface area contributed by atoms with Crippen molar-refractivity contribution in [1.82, 2.24) is 4.90 Å². The molecule has 0 saturated heterocycles. The van der Waals surface area contributed by atoms with Gasteiger partial charge in [0.05, 0.1) is 0 Å². The average Bonchev–Trinajstić information content (AvgIpc) is 3.14. The molecule has 3 nitrogen and oxygen atoms in total. The third kappa shape index (κ3) is 5.10. The summed E-state index contributed by atoms with van der Waals surface area (Å²) in [6.45, 7) is 5.75. The number of carboxylic acids is 1. The number of carboxylic acid groups (broad SMARTS) is 1. The van der Waals surface area contributed by atoms with Gasteiger partial charge in [0.2, 0.25) is 0 Å². The van der Waals surface area contributed by atoms with Crippen LogP contribution in [0.15, 0.2) is 67.2 Å². The summed E-state index contributed by atoms with van der Waals surface area (Å²) >= 11 is 7.23. The third-order valence-electron chi connectivity index (χ3n) is 4.53. The molecule has 1 heterocycles. The number of thiophene rings is 1. The predicted octanol–water partition coefficient (Wildman–Crippen LogP) is 6.30. The highest BCUT2D eigenvalue weighted by atomic mass is 35.5. The topological polar surface area (TPSA) is 40.5 Å². The van der Waals surface area contributed by atoms with Gasteiger partial charge in [-0.05, 0) is 48.4 Å². The first kappa shape index (κ1) is 20.3. The van der Waals surface area contributed by atoms with Crippen LogP contribution >= 0.6 is 22.9 Å². The predicted molar refractivity (Wildman–Crippen MR) is 118 cm³/mol. The number of rotatable bonds is 8. The molecule has 28 heavy (non-hydrogen) atoms. The molecule has 0 radical (unpaired) electrons. The number of benzene rings is 2. The molecule has 5 heteroatoms. The second-order valence-electron chi connectivity index (χ2n) is 6.74. The van der Waals surface area contributed by atoms with Crippen LogP contribution in [-0.2, 0) is 6.54 Å². The number of nitrogens with zero attached hydrogens (tertiary/aromatic N) is 1. The van der Waals surface area contributed by atoms with E-state index in [-0.39, 0.29) is 0 Å². The zero-order chi connectivity index (χ0) is 20.1. The van der Waals surface area contributed by atoms with Gasteiger partial charge < -0.3 is 10.0 Å². The Morgan fingerprint density at radius 1 is 1.14 bits per heavy atom. The summed E-state index contributed by atoms with van der Waals surface area (Å²) < 4.78 is 0. The zero-order valence-electron chi connectivity index (χ0n) is 15.7. The number of hydrogen-bond donors (Lipinski definition) is 1. The maximum atomic E-state index is 11.7. The highest BCUT2D eigenvalue weighted by molar-refractivity contribution is 7.17. The summed E-state index contributed by atoms with van der Waals surface area (Å²) in [7, 11) is 2.04. The molecule has 1 aromatic heterocycles. The molecule has 0 aliphatic carbocycles. The van der Waals surface area contributed by atoms with Crippen LogP contribution < -0.4 is 0 Å². The molecule has 0 bridgehead atoms. The van der Waals surface area contributed by atoms with Gasteiger partial charge in [-0.3, -0.25) is 0 Å². The first-order chi connectivity index (χ1) is 13.4. The van der Waals surface area contributed by atoms with Crippen molar-refractivity contribution in [2.24, 2.45) is 0 Å². The highest BCUT2D eigenvalue weighted by Gasteiger charge is 2.18. The van der Waals surface area contributed by atoms with Gasteiger partial charge in [-0.1, -0.05) is 60.6 Å². The van der Waals surface area contributed by atoms with Crippen molar-refractivity contribution in [3.8, 4) is 10.4 Å².